The Labute approximate surface area is 70.0 Å². The molecule has 0 fully saturated rings. The van der Waals surface area contributed by atoms with Crippen molar-refractivity contribution < 1.29 is 4.79 Å². The molecule has 1 rings (SSSR count). The summed E-state index contributed by atoms with van der Waals surface area (Å²) in [6.45, 7) is 1.80. The number of hydrogen-bond donors (Lipinski definition) is 1. The largest absolute Gasteiger partial charge is 0.366 e. The number of amides is 1. The number of rotatable bonds is 1. The highest BCUT2D eigenvalue weighted by molar-refractivity contribution is 6.34. The van der Waals surface area contributed by atoms with E-state index in [1.54, 1.807) is 25.1 Å². The Morgan fingerprint density at radius 3 is 2.55 bits per heavy atom. The molecule has 0 radical (unpaired) electrons. The van der Waals surface area contributed by atoms with Crippen LogP contribution in [-0.4, -0.2) is 5.91 Å². The topological polar surface area (TPSA) is 43.1 Å². The molecule has 2 N–H and O–H groups in total. The van der Waals surface area contributed by atoms with Crippen LogP contribution < -0.4 is 5.73 Å². The summed E-state index contributed by atoms with van der Waals surface area (Å²) in [5, 5.41) is 0.414. The number of aryl methyl sites for hydroxylation is 1. The first kappa shape index (κ1) is 8.08. The van der Waals surface area contributed by atoms with Gasteiger partial charge in [-0.3, -0.25) is 4.79 Å². The molecule has 1 aromatic rings. The van der Waals surface area contributed by atoms with Gasteiger partial charge >= 0.3 is 0 Å². The van der Waals surface area contributed by atoms with Crippen molar-refractivity contribution in [2.75, 3.05) is 0 Å². The van der Waals surface area contributed by atoms with E-state index >= 15 is 0 Å². The summed E-state index contributed by atoms with van der Waals surface area (Å²) in [5.74, 6) is -0.479. The van der Waals surface area contributed by atoms with Crippen LogP contribution in [0.3, 0.4) is 0 Å². The Balaban J connectivity index is 3.32. The Morgan fingerprint density at radius 1 is 1.55 bits per heavy atom. The van der Waals surface area contributed by atoms with Crippen molar-refractivity contribution >= 4 is 17.5 Å². The maximum atomic E-state index is 10.8. The third-order valence-electron chi connectivity index (χ3n) is 1.47. The summed E-state index contributed by atoms with van der Waals surface area (Å²) in [7, 11) is 0. The molecule has 3 heteroatoms. The minimum atomic E-state index is -0.479. The van der Waals surface area contributed by atoms with Crippen molar-refractivity contribution in [1.29, 1.82) is 0 Å². The molecule has 2 nitrogen and oxygen atoms in total. The standard InChI is InChI=1S/C8H8ClNO/c1-5-3-2-4-6(9)7(5)8(10)11/h2-4H,1H3,(H2,10,11). The van der Waals surface area contributed by atoms with Gasteiger partial charge < -0.3 is 5.73 Å². The normalized spacial score (nSPS) is 9.64. The number of halogens is 1. The fraction of sp³-hybridized carbons (Fsp3) is 0.125. The van der Waals surface area contributed by atoms with Gasteiger partial charge in [0.2, 0.25) is 5.91 Å². The monoisotopic (exact) mass is 169 g/mol. The number of primary amides is 1. The maximum Gasteiger partial charge on any atom is 0.250 e. The molecule has 1 aromatic carbocycles. The van der Waals surface area contributed by atoms with Gasteiger partial charge in [-0.05, 0) is 18.6 Å². The van der Waals surface area contributed by atoms with Crippen LogP contribution in [0.25, 0.3) is 0 Å². The quantitative estimate of drug-likeness (QED) is 0.684. The molecule has 0 aliphatic carbocycles. The average Bonchev–Trinajstić information content (AvgIpc) is 1.85. The van der Waals surface area contributed by atoms with Crippen LogP contribution in [0.5, 0.6) is 0 Å². The zero-order valence-corrected chi connectivity index (χ0v) is 6.85. The molecular formula is C8H8ClNO. The molecular weight excluding hydrogens is 162 g/mol. The van der Waals surface area contributed by atoms with Crippen molar-refractivity contribution in [2.45, 2.75) is 6.92 Å². The molecule has 0 unspecified atom stereocenters. The minimum absolute atomic E-state index is 0.411. The van der Waals surface area contributed by atoms with E-state index in [9.17, 15) is 4.79 Å². The summed E-state index contributed by atoms with van der Waals surface area (Å²) < 4.78 is 0. The van der Waals surface area contributed by atoms with Crippen LogP contribution in [0.15, 0.2) is 18.2 Å². The number of carbonyl (C=O) groups excluding carboxylic acids is 1. The van der Waals surface area contributed by atoms with Gasteiger partial charge in [-0.1, -0.05) is 23.7 Å². The lowest BCUT2D eigenvalue weighted by atomic mass is 10.1. The summed E-state index contributed by atoms with van der Waals surface area (Å²) in [4.78, 5) is 10.8. The Bertz CT molecular complexity index is 276. The van der Waals surface area contributed by atoms with Gasteiger partial charge in [0, 0.05) is 0 Å². The van der Waals surface area contributed by atoms with Crippen molar-refractivity contribution in [3.8, 4) is 0 Å². The van der Waals surface area contributed by atoms with Crippen molar-refractivity contribution in [3.63, 3.8) is 0 Å². The molecule has 1 amide bonds. The highest BCUT2D eigenvalue weighted by Crippen LogP contribution is 2.18. The van der Waals surface area contributed by atoms with E-state index in [1.165, 1.54) is 0 Å². The fourth-order valence-electron chi connectivity index (χ4n) is 0.944. The van der Waals surface area contributed by atoms with E-state index < -0.39 is 5.91 Å². The third-order valence-corrected chi connectivity index (χ3v) is 1.78. The second-order valence-electron chi connectivity index (χ2n) is 2.30. The zero-order chi connectivity index (χ0) is 8.43. The van der Waals surface area contributed by atoms with Crippen LogP contribution in [0.2, 0.25) is 5.02 Å². The predicted molar refractivity (Wildman–Crippen MR) is 44.7 cm³/mol. The van der Waals surface area contributed by atoms with Crippen LogP contribution in [0, 0.1) is 6.92 Å². The molecule has 0 aliphatic rings. The summed E-state index contributed by atoms with van der Waals surface area (Å²) in [6, 6.07) is 5.23. The Hall–Kier alpha value is -1.02. The molecule has 0 spiro atoms. The predicted octanol–water partition coefficient (Wildman–Crippen LogP) is 1.75. The first-order chi connectivity index (χ1) is 5.13. The molecule has 0 atom stereocenters. The second kappa shape index (κ2) is 2.93. The Kier molecular flexibility index (Phi) is 2.15. The van der Waals surface area contributed by atoms with Gasteiger partial charge in [0.05, 0.1) is 10.6 Å². The average molecular weight is 170 g/mol. The highest BCUT2D eigenvalue weighted by Gasteiger charge is 2.07. The summed E-state index contributed by atoms with van der Waals surface area (Å²) in [5.41, 5.74) is 6.31. The van der Waals surface area contributed by atoms with E-state index in [0.717, 1.165) is 5.56 Å². The molecule has 0 heterocycles. The number of benzene rings is 1. The van der Waals surface area contributed by atoms with Gasteiger partial charge in [0.25, 0.3) is 0 Å². The lowest BCUT2D eigenvalue weighted by Crippen LogP contribution is -2.13. The molecule has 0 aliphatic heterocycles. The summed E-state index contributed by atoms with van der Waals surface area (Å²) >= 11 is 5.72. The summed E-state index contributed by atoms with van der Waals surface area (Å²) in [6.07, 6.45) is 0. The SMILES string of the molecule is Cc1cccc(Cl)c1C(N)=O. The lowest BCUT2D eigenvalue weighted by molar-refractivity contribution is 0.1000. The smallest absolute Gasteiger partial charge is 0.250 e. The highest BCUT2D eigenvalue weighted by atomic mass is 35.5. The first-order valence-corrected chi connectivity index (χ1v) is 3.55. The van der Waals surface area contributed by atoms with Crippen LogP contribution in [0.1, 0.15) is 15.9 Å². The van der Waals surface area contributed by atoms with E-state index in [-0.39, 0.29) is 0 Å². The van der Waals surface area contributed by atoms with Gasteiger partial charge in [0.1, 0.15) is 0 Å². The number of nitrogens with two attached hydrogens (primary N) is 1. The van der Waals surface area contributed by atoms with Gasteiger partial charge in [-0.2, -0.15) is 0 Å². The van der Waals surface area contributed by atoms with Crippen LogP contribution >= 0.6 is 11.6 Å². The van der Waals surface area contributed by atoms with Crippen molar-refractivity contribution in [3.05, 3.63) is 34.3 Å². The maximum absolute atomic E-state index is 10.8. The zero-order valence-electron chi connectivity index (χ0n) is 6.10. The van der Waals surface area contributed by atoms with Crippen molar-refractivity contribution in [1.82, 2.24) is 0 Å². The molecule has 0 saturated heterocycles. The van der Waals surface area contributed by atoms with Crippen molar-refractivity contribution in [2.24, 2.45) is 5.73 Å². The van der Waals surface area contributed by atoms with Crippen LogP contribution in [0.4, 0.5) is 0 Å². The van der Waals surface area contributed by atoms with Gasteiger partial charge in [0.15, 0.2) is 0 Å². The lowest BCUT2D eigenvalue weighted by Gasteiger charge is -2.01. The third kappa shape index (κ3) is 1.52. The van der Waals surface area contributed by atoms with Crippen LogP contribution in [-0.2, 0) is 0 Å². The molecule has 0 bridgehead atoms. The number of hydrogen-bond acceptors (Lipinski definition) is 1. The van der Waals surface area contributed by atoms with Gasteiger partial charge in [-0.15, -0.1) is 0 Å². The van der Waals surface area contributed by atoms with E-state index in [1.807, 2.05) is 0 Å². The van der Waals surface area contributed by atoms with E-state index in [4.69, 9.17) is 17.3 Å². The fourth-order valence-corrected chi connectivity index (χ4v) is 1.26. The minimum Gasteiger partial charge on any atom is -0.366 e. The molecule has 11 heavy (non-hydrogen) atoms. The van der Waals surface area contributed by atoms with Gasteiger partial charge in [-0.25, -0.2) is 0 Å². The second-order valence-corrected chi connectivity index (χ2v) is 2.70. The molecule has 0 saturated carbocycles. The first-order valence-electron chi connectivity index (χ1n) is 3.18. The van der Waals surface area contributed by atoms with E-state index in [2.05, 4.69) is 0 Å². The molecule has 0 aromatic heterocycles. The molecule has 58 valence electrons. The van der Waals surface area contributed by atoms with E-state index in [0.29, 0.717) is 10.6 Å². The Morgan fingerprint density at radius 2 is 2.18 bits per heavy atom. The number of carbonyl (C=O) groups is 1.